The first kappa shape index (κ1) is 13.2. The molecule has 2 rings (SSSR count). The summed E-state index contributed by atoms with van der Waals surface area (Å²) in [6.45, 7) is 1.66. The number of aromatic nitrogens is 4. The van der Waals surface area contributed by atoms with E-state index in [0.717, 1.165) is 5.56 Å². The highest BCUT2D eigenvalue weighted by Gasteiger charge is 2.07. The Labute approximate surface area is 110 Å². The van der Waals surface area contributed by atoms with Crippen LogP contribution in [0.25, 0.3) is 11.4 Å². The van der Waals surface area contributed by atoms with Crippen molar-refractivity contribution >= 4 is 11.6 Å². The minimum Gasteiger partial charge on any atom is -0.393 e. The first-order chi connectivity index (χ1) is 9.15. The Bertz CT molecular complexity index is 539. The van der Waals surface area contributed by atoms with Gasteiger partial charge in [-0.3, -0.25) is 4.79 Å². The smallest absolute Gasteiger partial charge is 0.224 e. The van der Waals surface area contributed by atoms with Crippen LogP contribution in [0.3, 0.4) is 0 Å². The zero-order chi connectivity index (χ0) is 13.7. The monoisotopic (exact) mass is 261 g/mol. The number of amides is 1. The molecule has 0 radical (unpaired) electrons. The van der Waals surface area contributed by atoms with Crippen molar-refractivity contribution in [2.24, 2.45) is 0 Å². The van der Waals surface area contributed by atoms with E-state index in [1.165, 1.54) is 0 Å². The fourth-order valence-corrected chi connectivity index (χ4v) is 1.58. The number of H-pyrrole nitrogens is 1. The third-order valence-corrected chi connectivity index (χ3v) is 2.54. The fourth-order valence-electron chi connectivity index (χ4n) is 1.58. The number of rotatable bonds is 5. The van der Waals surface area contributed by atoms with Gasteiger partial charge in [0, 0.05) is 17.7 Å². The standard InChI is InChI=1S/C12H15N5O2/c1-8(18)5-6-11(19)13-10-4-2-3-9(7-10)12-14-16-17-15-12/h2-4,7-8,18H,5-6H2,1H3,(H,13,19)(H,14,15,16,17). The second-order valence-electron chi connectivity index (χ2n) is 4.25. The van der Waals surface area contributed by atoms with Gasteiger partial charge in [-0.15, -0.1) is 10.2 Å². The van der Waals surface area contributed by atoms with Crippen LogP contribution in [-0.2, 0) is 4.79 Å². The summed E-state index contributed by atoms with van der Waals surface area (Å²) in [5.74, 6) is 0.339. The van der Waals surface area contributed by atoms with Gasteiger partial charge in [-0.1, -0.05) is 12.1 Å². The molecule has 0 spiro atoms. The van der Waals surface area contributed by atoms with Crippen molar-refractivity contribution in [3.63, 3.8) is 0 Å². The Balaban J connectivity index is 2.01. The number of hydrogen-bond donors (Lipinski definition) is 3. The number of aliphatic hydroxyl groups excluding tert-OH is 1. The van der Waals surface area contributed by atoms with Crippen LogP contribution in [0.2, 0.25) is 0 Å². The van der Waals surface area contributed by atoms with Crippen molar-refractivity contribution in [1.82, 2.24) is 20.6 Å². The number of carbonyl (C=O) groups is 1. The van der Waals surface area contributed by atoms with E-state index < -0.39 is 6.10 Å². The number of benzene rings is 1. The largest absolute Gasteiger partial charge is 0.393 e. The van der Waals surface area contributed by atoms with Crippen molar-refractivity contribution < 1.29 is 9.90 Å². The van der Waals surface area contributed by atoms with Gasteiger partial charge in [0.1, 0.15) is 0 Å². The number of nitrogens with zero attached hydrogens (tertiary/aromatic N) is 3. The summed E-state index contributed by atoms with van der Waals surface area (Å²) in [7, 11) is 0. The highest BCUT2D eigenvalue weighted by atomic mass is 16.3. The summed E-state index contributed by atoms with van der Waals surface area (Å²) < 4.78 is 0. The topological polar surface area (TPSA) is 104 Å². The molecule has 0 saturated carbocycles. The summed E-state index contributed by atoms with van der Waals surface area (Å²) in [6, 6.07) is 7.18. The van der Waals surface area contributed by atoms with Crippen molar-refractivity contribution in [2.75, 3.05) is 5.32 Å². The van der Waals surface area contributed by atoms with E-state index >= 15 is 0 Å². The van der Waals surface area contributed by atoms with Gasteiger partial charge in [-0.05, 0) is 30.7 Å². The van der Waals surface area contributed by atoms with Crippen LogP contribution in [-0.4, -0.2) is 37.7 Å². The highest BCUT2D eigenvalue weighted by Crippen LogP contribution is 2.18. The maximum Gasteiger partial charge on any atom is 0.224 e. The second kappa shape index (κ2) is 6.05. The molecule has 7 heteroatoms. The molecule has 1 heterocycles. The lowest BCUT2D eigenvalue weighted by Crippen LogP contribution is -2.14. The number of anilines is 1. The van der Waals surface area contributed by atoms with E-state index in [9.17, 15) is 4.79 Å². The van der Waals surface area contributed by atoms with Crippen molar-refractivity contribution in [2.45, 2.75) is 25.9 Å². The summed E-state index contributed by atoms with van der Waals surface area (Å²) in [5, 5.41) is 25.5. The molecule has 0 bridgehead atoms. The van der Waals surface area contributed by atoms with E-state index in [-0.39, 0.29) is 12.3 Å². The van der Waals surface area contributed by atoms with Gasteiger partial charge in [-0.25, -0.2) is 0 Å². The van der Waals surface area contributed by atoms with Gasteiger partial charge in [0.15, 0.2) is 0 Å². The van der Waals surface area contributed by atoms with Crippen molar-refractivity contribution in [3.05, 3.63) is 24.3 Å². The van der Waals surface area contributed by atoms with Gasteiger partial charge in [0.2, 0.25) is 11.7 Å². The number of carbonyl (C=O) groups excluding carboxylic acids is 1. The third kappa shape index (κ3) is 3.85. The van der Waals surface area contributed by atoms with Crippen LogP contribution >= 0.6 is 0 Å². The molecule has 3 N–H and O–H groups in total. The third-order valence-electron chi connectivity index (χ3n) is 2.54. The second-order valence-corrected chi connectivity index (χ2v) is 4.25. The molecule has 7 nitrogen and oxygen atoms in total. The van der Waals surface area contributed by atoms with Gasteiger partial charge in [0.05, 0.1) is 6.10 Å². The lowest BCUT2D eigenvalue weighted by Gasteiger charge is -2.07. The van der Waals surface area contributed by atoms with Crippen molar-refractivity contribution in [1.29, 1.82) is 0 Å². The maximum atomic E-state index is 11.6. The predicted octanol–water partition coefficient (Wildman–Crippen LogP) is 0.966. The molecule has 0 saturated heterocycles. The van der Waals surface area contributed by atoms with E-state index in [0.29, 0.717) is 17.9 Å². The molecule has 1 amide bonds. The lowest BCUT2D eigenvalue weighted by molar-refractivity contribution is -0.116. The first-order valence-electron chi connectivity index (χ1n) is 5.97. The minimum atomic E-state index is -0.476. The Hall–Kier alpha value is -2.28. The zero-order valence-electron chi connectivity index (χ0n) is 10.5. The van der Waals surface area contributed by atoms with Crippen LogP contribution < -0.4 is 5.32 Å². The quantitative estimate of drug-likeness (QED) is 0.744. The summed E-state index contributed by atoms with van der Waals surface area (Å²) in [4.78, 5) is 11.6. The first-order valence-corrected chi connectivity index (χ1v) is 5.97. The van der Waals surface area contributed by atoms with Gasteiger partial charge in [-0.2, -0.15) is 5.21 Å². The van der Waals surface area contributed by atoms with E-state index in [4.69, 9.17) is 5.11 Å². The maximum absolute atomic E-state index is 11.6. The molecule has 2 aromatic rings. The van der Waals surface area contributed by atoms with E-state index in [1.807, 2.05) is 6.07 Å². The SMILES string of the molecule is CC(O)CCC(=O)Nc1cccc(-c2nn[nH]n2)c1. The molecular weight excluding hydrogens is 246 g/mol. The predicted molar refractivity (Wildman–Crippen MR) is 69.2 cm³/mol. The molecule has 1 aromatic carbocycles. The number of hydrogen-bond acceptors (Lipinski definition) is 5. The molecule has 0 fully saturated rings. The van der Waals surface area contributed by atoms with Crippen molar-refractivity contribution in [3.8, 4) is 11.4 Å². The van der Waals surface area contributed by atoms with E-state index in [1.54, 1.807) is 25.1 Å². The Morgan fingerprint density at radius 2 is 2.37 bits per heavy atom. The molecule has 1 atom stereocenters. The Kier molecular flexibility index (Phi) is 4.19. The molecule has 0 aliphatic heterocycles. The summed E-state index contributed by atoms with van der Waals surface area (Å²) in [5.41, 5.74) is 1.43. The Morgan fingerprint density at radius 3 is 3.05 bits per heavy atom. The zero-order valence-corrected chi connectivity index (χ0v) is 10.5. The molecule has 1 unspecified atom stereocenters. The summed E-state index contributed by atoms with van der Waals surface area (Å²) >= 11 is 0. The normalized spacial score (nSPS) is 12.1. The average molecular weight is 261 g/mol. The molecular formula is C12H15N5O2. The van der Waals surface area contributed by atoms with Crippen LogP contribution in [0.15, 0.2) is 24.3 Å². The Morgan fingerprint density at radius 1 is 1.53 bits per heavy atom. The molecule has 100 valence electrons. The highest BCUT2D eigenvalue weighted by molar-refractivity contribution is 5.91. The van der Waals surface area contributed by atoms with Crippen LogP contribution in [0.5, 0.6) is 0 Å². The molecule has 0 aliphatic rings. The van der Waals surface area contributed by atoms with Crippen LogP contribution in [0.1, 0.15) is 19.8 Å². The minimum absolute atomic E-state index is 0.133. The van der Waals surface area contributed by atoms with Gasteiger partial charge >= 0.3 is 0 Å². The number of aromatic amines is 1. The number of nitrogens with one attached hydrogen (secondary N) is 2. The van der Waals surface area contributed by atoms with Gasteiger partial charge < -0.3 is 10.4 Å². The van der Waals surface area contributed by atoms with Crippen LogP contribution in [0, 0.1) is 0 Å². The molecule has 0 aliphatic carbocycles. The average Bonchev–Trinajstić information content (AvgIpc) is 2.90. The number of aliphatic hydroxyl groups is 1. The number of tetrazole rings is 1. The molecule has 19 heavy (non-hydrogen) atoms. The van der Waals surface area contributed by atoms with Gasteiger partial charge in [0.25, 0.3) is 0 Å². The molecule has 1 aromatic heterocycles. The lowest BCUT2D eigenvalue weighted by atomic mass is 10.1. The van der Waals surface area contributed by atoms with E-state index in [2.05, 4.69) is 25.9 Å². The summed E-state index contributed by atoms with van der Waals surface area (Å²) in [6.07, 6.45) is 0.247. The van der Waals surface area contributed by atoms with Crippen LogP contribution in [0.4, 0.5) is 5.69 Å². The fraction of sp³-hybridized carbons (Fsp3) is 0.333.